The van der Waals surface area contributed by atoms with Crippen LogP contribution in [0.4, 0.5) is 0 Å². The Hall–Kier alpha value is -3.68. The summed E-state index contributed by atoms with van der Waals surface area (Å²) in [6.07, 6.45) is 2.16. The number of hydrogen-bond acceptors (Lipinski definition) is 6. The van der Waals surface area contributed by atoms with Crippen molar-refractivity contribution in [1.29, 1.82) is 0 Å². The van der Waals surface area contributed by atoms with Crippen molar-refractivity contribution in [2.75, 3.05) is 19.6 Å². The molecule has 3 aromatic rings. The summed E-state index contributed by atoms with van der Waals surface area (Å²) >= 11 is 0. The van der Waals surface area contributed by atoms with Crippen molar-refractivity contribution < 1.29 is 14.3 Å². The highest BCUT2D eigenvalue weighted by atomic mass is 16.4. The number of para-hydroxylation sites is 1. The molecule has 8 nitrogen and oxygen atoms in total. The standard InChI is InChI=1S/C23H21N3O5/c27-20-7-3-5-18-15-8-14(12-26(18)20)11-25(13-15)21(28)10-24-9-17-22(29)16-4-1-2-6-19(16)31-23(17)30/h1-7,9,14-15,29H,8,10-13H2. The van der Waals surface area contributed by atoms with Gasteiger partial charge in [-0.1, -0.05) is 18.2 Å². The summed E-state index contributed by atoms with van der Waals surface area (Å²) in [5.74, 6) is 0.00158. The van der Waals surface area contributed by atoms with Gasteiger partial charge in [-0.15, -0.1) is 0 Å². The maximum Gasteiger partial charge on any atom is 0.348 e. The van der Waals surface area contributed by atoms with Crippen molar-refractivity contribution in [3.63, 3.8) is 0 Å². The second-order valence-electron chi connectivity index (χ2n) is 8.11. The molecule has 0 radical (unpaired) electrons. The summed E-state index contributed by atoms with van der Waals surface area (Å²) in [7, 11) is 0. The van der Waals surface area contributed by atoms with E-state index in [0.717, 1.165) is 12.1 Å². The van der Waals surface area contributed by atoms with Crippen molar-refractivity contribution >= 4 is 23.1 Å². The average Bonchev–Trinajstić information content (AvgIpc) is 2.76. The van der Waals surface area contributed by atoms with Crippen LogP contribution in [0.2, 0.25) is 0 Å². The molecule has 1 aromatic carbocycles. The molecule has 2 aliphatic rings. The zero-order valence-corrected chi connectivity index (χ0v) is 16.7. The number of aromatic nitrogens is 1. The summed E-state index contributed by atoms with van der Waals surface area (Å²) in [5.41, 5.74) is 0.490. The van der Waals surface area contributed by atoms with E-state index < -0.39 is 5.63 Å². The molecule has 0 aliphatic carbocycles. The predicted octanol–water partition coefficient (Wildman–Crippen LogP) is 1.73. The minimum Gasteiger partial charge on any atom is -0.506 e. The maximum atomic E-state index is 12.8. The van der Waals surface area contributed by atoms with Crippen LogP contribution in [0.5, 0.6) is 5.75 Å². The third-order valence-corrected chi connectivity index (χ3v) is 6.10. The third kappa shape index (κ3) is 3.43. The third-order valence-electron chi connectivity index (χ3n) is 6.10. The molecular weight excluding hydrogens is 398 g/mol. The molecule has 1 N–H and O–H groups in total. The molecule has 1 saturated heterocycles. The fraction of sp³-hybridized carbons (Fsp3) is 0.304. The van der Waals surface area contributed by atoms with E-state index in [1.165, 1.54) is 6.21 Å². The zero-order chi connectivity index (χ0) is 21.5. The van der Waals surface area contributed by atoms with Crippen LogP contribution in [-0.4, -0.2) is 46.3 Å². The Morgan fingerprint density at radius 2 is 1.97 bits per heavy atom. The number of likely N-dealkylation sites (tertiary alicyclic amines) is 1. The summed E-state index contributed by atoms with van der Waals surface area (Å²) in [4.78, 5) is 42.9. The Morgan fingerprint density at radius 1 is 1.13 bits per heavy atom. The minimum atomic E-state index is -0.707. The number of rotatable bonds is 3. The number of aliphatic imine (C=N–C) groups is 1. The second kappa shape index (κ2) is 7.54. The minimum absolute atomic E-state index is 0.00519. The molecule has 31 heavy (non-hydrogen) atoms. The molecule has 158 valence electrons. The molecule has 2 aromatic heterocycles. The predicted molar refractivity (Wildman–Crippen MR) is 115 cm³/mol. The number of pyridine rings is 1. The first-order chi connectivity index (χ1) is 15.0. The van der Waals surface area contributed by atoms with Crippen LogP contribution in [0.3, 0.4) is 0 Å². The molecule has 1 fully saturated rings. The molecule has 2 unspecified atom stereocenters. The molecule has 5 rings (SSSR count). The maximum absolute atomic E-state index is 12.8. The highest BCUT2D eigenvalue weighted by Gasteiger charge is 2.35. The number of fused-ring (bicyclic) bond motifs is 5. The van der Waals surface area contributed by atoms with Crippen molar-refractivity contribution in [3.05, 3.63) is 74.5 Å². The molecular formula is C23H21N3O5. The van der Waals surface area contributed by atoms with Crippen LogP contribution in [0.25, 0.3) is 11.0 Å². The number of carbonyl (C=O) groups excluding carboxylic acids is 1. The highest BCUT2D eigenvalue weighted by molar-refractivity contribution is 5.94. The molecule has 2 aliphatic heterocycles. The lowest BCUT2D eigenvalue weighted by atomic mass is 9.83. The van der Waals surface area contributed by atoms with Crippen LogP contribution in [0.15, 0.2) is 61.5 Å². The van der Waals surface area contributed by atoms with Crippen LogP contribution in [0, 0.1) is 5.92 Å². The van der Waals surface area contributed by atoms with Crippen LogP contribution in [0.1, 0.15) is 23.6 Å². The molecule has 8 heteroatoms. The monoisotopic (exact) mass is 419 g/mol. The summed E-state index contributed by atoms with van der Waals surface area (Å²) in [6, 6.07) is 12.0. The van der Waals surface area contributed by atoms with E-state index in [0.29, 0.717) is 25.0 Å². The number of aromatic hydroxyl groups is 1. The van der Waals surface area contributed by atoms with Gasteiger partial charge >= 0.3 is 5.63 Å². The highest BCUT2D eigenvalue weighted by Crippen LogP contribution is 2.35. The summed E-state index contributed by atoms with van der Waals surface area (Å²) < 4.78 is 7.03. The molecule has 1 amide bonds. The number of amides is 1. The second-order valence-corrected chi connectivity index (χ2v) is 8.11. The largest absolute Gasteiger partial charge is 0.506 e. The lowest BCUT2D eigenvalue weighted by Gasteiger charge is -2.42. The first-order valence-electron chi connectivity index (χ1n) is 10.2. The number of nitrogens with zero attached hydrogens (tertiary/aromatic N) is 3. The van der Waals surface area contributed by atoms with Crippen LogP contribution >= 0.6 is 0 Å². The van der Waals surface area contributed by atoms with Crippen molar-refractivity contribution in [2.24, 2.45) is 10.9 Å². The van der Waals surface area contributed by atoms with E-state index in [-0.39, 0.29) is 46.7 Å². The lowest BCUT2D eigenvalue weighted by molar-refractivity contribution is -0.132. The van der Waals surface area contributed by atoms with Crippen molar-refractivity contribution in [3.8, 4) is 5.75 Å². The Kier molecular flexibility index (Phi) is 4.69. The molecule has 2 bridgehead atoms. The van der Waals surface area contributed by atoms with Crippen molar-refractivity contribution in [1.82, 2.24) is 9.47 Å². The van der Waals surface area contributed by atoms with Gasteiger partial charge in [0.2, 0.25) is 5.91 Å². The van der Waals surface area contributed by atoms with Gasteiger partial charge in [0.1, 0.15) is 23.4 Å². The number of benzene rings is 1. The number of carbonyl (C=O) groups is 1. The average molecular weight is 419 g/mol. The molecule has 0 spiro atoms. The molecule has 4 heterocycles. The van der Waals surface area contributed by atoms with Gasteiger partial charge in [0, 0.05) is 43.5 Å². The number of hydrogen-bond donors (Lipinski definition) is 1. The van der Waals surface area contributed by atoms with E-state index in [1.54, 1.807) is 41.3 Å². The molecule has 0 saturated carbocycles. The van der Waals surface area contributed by atoms with Gasteiger partial charge in [-0.2, -0.15) is 0 Å². The Morgan fingerprint density at radius 3 is 2.84 bits per heavy atom. The van der Waals surface area contributed by atoms with Crippen LogP contribution in [-0.2, 0) is 11.3 Å². The van der Waals surface area contributed by atoms with E-state index in [9.17, 15) is 19.5 Å². The van der Waals surface area contributed by atoms with Gasteiger partial charge in [-0.3, -0.25) is 14.6 Å². The van der Waals surface area contributed by atoms with Gasteiger partial charge in [0.25, 0.3) is 5.56 Å². The van der Waals surface area contributed by atoms with Gasteiger partial charge in [-0.05, 0) is 30.5 Å². The molecule has 2 atom stereocenters. The fourth-order valence-electron chi connectivity index (χ4n) is 4.68. The SMILES string of the molecule is O=C(CN=Cc1c(O)c2ccccc2oc1=O)N1CC2CC(C1)c1cccc(=O)n1C2. The Balaban J connectivity index is 1.32. The van der Waals surface area contributed by atoms with E-state index in [2.05, 4.69) is 4.99 Å². The normalized spacial score (nSPS) is 20.2. The van der Waals surface area contributed by atoms with Crippen LogP contribution < -0.4 is 11.2 Å². The topological polar surface area (TPSA) is 105 Å². The lowest BCUT2D eigenvalue weighted by Crippen LogP contribution is -2.49. The summed E-state index contributed by atoms with van der Waals surface area (Å²) in [5, 5.41) is 10.8. The van der Waals surface area contributed by atoms with E-state index >= 15 is 0 Å². The van der Waals surface area contributed by atoms with Gasteiger partial charge in [-0.25, -0.2) is 4.79 Å². The number of piperidine rings is 1. The first kappa shape index (κ1) is 19.3. The van der Waals surface area contributed by atoms with E-state index in [4.69, 9.17) is 4.42 Å². The Bertz CT molecular complexity index is 1320. The van der Waals surface area contributed by atoms with Gasteiger partial charge in [0.05, 0.1) is 5.39 Å². The summed E-state index contributed by atoms with van der Waals surface area (Å²) in [6.45, 7) is 1.60. The Labute approximate surface area is 177 Å². The van der Waals surface area contributed by atoms with E-state index in [1.807, 2.05) is 10.6 Å². The first-order valence-corrected chi connectivity index (χ1v) is 10.2. The van der Waals surface area contributed by atoms with Gasteiger partial charge in [0.15, 0.2) is 0 Å². The van der Waals surface area contributed by atoms with Crippen molar-refractivity contribution in [2.45, 2.75) is 18.9 Å². The van der Waals surface area contributed by atoms with Gasteiger partial charge < -0.3 is 19.0 Å². The smallest absolute Gasteiger partial charge is 0.348 e. The quantitative estimate of drug-likeness (QED) is 0.514. The zero-order valence-electron chi connectivity index (χ0n) is 16.7. The fourth-order valence-corrected chi connectivity index (χ4v) is 4.68.